The van der Waals surface area contributed by atoms with E-state index in [4.69, 9.17) is 0 Å². The highest BCUT2D eigenvalue weighted by Crippen LogP contribution is 2.44. The van der Waals surface area contributed by atoms with Gasteiger partial charge in [0.2, 0.25) is 0 Å². The minimum atomic E-state index is -0.236. The Morgan fingerprint density at radius 1 is 0.947 bits per heavy atom. The zero-order chi connectivity index (χ0) is 13.2. The Kier molecular flexibility index (Phi) is 3.26. The molecule has 98 valence electrons. The molecule has 0 heterocycles. The van der Waals surface area contributed by atoms with Crippen molar-refractivity contribution in [2.45, 2.75) is 25.5 Å². The number of nitrogens with zero attached hydrogens (tertiary/aromatic N) is 1. The van der Waals surface area contributed by atoms with Crippen LogP contribution in [0.2, 0.25) is 0 Å². The molecule has 0 aliphatic heterocycles. The van der Waals surface area contributed by atoms with Gasteiger partial charge in [-0.1, -0.05) is 36.4 Å². The van der Waals surface area contributed by atoms with Crippen LogP contribution in [0.3, 0.4) is 0 Å². The van der Waals surface area contributed by atoms with Gasteiger partial charge in [0.1, 0.15) is 0 Å². The van der Waals surface area contributed by atoms with Crippen molar-refractivity contribution in [3.63, 3.8) is 0 Å². The van der Waals surface area contributed by atoms with E-state index in [9.17, 15) is 5.11 Å². The molecule has 0 saturated heterocycles. The molecule has 2 heteroatoms. The van der Waals surface area contributed by atoms with Crippen LogP contribution in [0.5, 0.6) is 0 Å². The zero-order valence-corrected chi connectivity index (χ0v) is 11.1. The Balaban J connectivity index is 1.94. The fourth-order valence-electron chi connectivity index (χ4n) is 2.72. The molecule has 0 amide bonds. The van der Waals surface area contributed by atoms with Crippen molar-refractivity contribution < 1.29 is 5.11 Å². The molecular weight excluding hydrogens is 234 g/mol. The monoisotopic (exact) mass is 253 g/mol. The highest BCUT2D eigenvalue weighted by Gasteiger charge is 2.45. The maximum absolute atomic E-state index is 9.78. The van der Waals surface area contributed by atoms with Crippen LogP contribution in [0.4, 0.5) is 11.4 Å². The molecule has 2 unspecified atom stereocenters. The summed E-state index contributed by atoms with van der Waals surface area (Å²) in [5, 5.41) is 9.78. The van der Waals surface area contributed by atoms with Crippen LogP contribution in [0, 0.1) is 5.92 Å². The quantitative estimate of drug-likeness (QED) is 0.900. The Bertz CT molecular complexity index is 484. The molecule has 2 nitrogen and oxygen atoms in total. The lowest BCUT2D eigenvalue weighted by Crippen LogP contribution is -2.23. The molecule has 1 fully saturated rings. The number of aliphatic hydroxyl groups is 1. The van der Waals surface area contributed by atoms with Gasteiger partial charge < -0.3 is 10.0 Å². The van der Waals surface area contributed by atoms with Crippen molar-refractivity contribution in [1.82, 2.24) is 0 Å². The lowest BCUT2D eigenvalue weighted by Gasteiger charge is -2.26. The van der Waals surface area contributed by atoms with E-state index < -0.39 is 0 Å². The third kappa shape index (κ3) is 2.49. The first kappa shape index (κ1) is 12.2. The van der Waals surface area contributed by atoms with E-state index in [1.807, 2.05) is 19.1 Å². The van der Waals surface area contributed by atoms with Gasteiger partial charge in [-0.25, -0.2) is 0 Å². The Morgan fingerprint density at radius 3 is 1.79 bits per heavy atom. The summed E-state index contributed by atoms with van der Waals surface area (Å²) in [6, 6.07) is 21.2. The molecule has 0 spiro atoms. The highest BCUT2D eigenvalue weighted by molar-refractivity contribution is 5.65. The second-order valence-electron chi connectivity index (χ2n) is 5.25. The summed E-state index contributed by atoms with van der Waals surface area (Å²) in [5.41, 5.74) is 2.39. The summed E-state index contributed by atoms with van der Waals surface area (Å²) in [6.07, 6.45) is 0.821. The van der Waals surface area contributed by atoms with E-state index in [0.29, 0.717) is 12.0 Å². The second-order valence-corrected chi connectivity index (χ2v) is 5.25. The lowest BCUT2D eigenvalue weighted by atomic mass is 10.2. The molecule has 3 atom stereocenters. The van der Waals surface area contributed by atoms with Gasteiger partial charge in [-0.2, -0.15) is 0 Å². The summed E-state index contributed by atoms with van der Waals surface area (Å²) < 4.78 is 0. The maximum atomic E-state index is 9.78. The molecule has 2 aromatic rings. The van der Waals surface area contributed by atoms with Crippen molar-refractivity contribution in [2.75, 3.05) is 4.90 Å². The molecule has 1 N–H and O–H groups in total. The molecule has 0 aromatic heterocycles. The Hall–Kier alpha value is -1.80. The predicted molar refractivity (Wildman–Crippen MR) is 78.6 cm³/mol. The van der Waals surface area contributed by atoms with Crippen LogP contribution in [-0.4, -0.2) is 17.3 Å². The summed E-state index contributed by atoms with van der Waals surface area (Å²) >= 11 is 0. The third-order valence-electron chi connectivity index (χ3n) is 3.82. The highest BCUT2D eigenvalue weighted by atomic mass is 16.3. The average Bonchev–Trinajstić information content (AvgIpc) is 3.22. The largest absolute Gasteiger partial charge is 0.393 e. The number of aliphatic hydroxyl groups excluding tert-OH is 1. The van der Waals surface area contributed by atoms with Crippen molar-refractivity contribution in [2.24, 2.45) is 5.92 Å². The van der Waals surface area contributed by atoms with Gasteiger partial charge in [0.15, 0.2) is 0 Å². The smallest absolute Gasteiger partial charge is 0.0560 e. The van der Waals surface area contributed by atoms with Gasteiger partial charge in [-0.3, -0.25) is 0 Å². The molecule has 2 aromatic carbocycles. The van der Waals surface area contributed by atoms with Gasteiger partial charge in [-0.15, -0.1) is 0 Å². The molecule has 0 radical (unpaired) electrons. The summed E-state index contributed by atoms with van der Waals surface area (Å²) in [5.74, 6) is 0.375. The van der Waals surface area contributed by atoms with E-state index in [-0.39, 0.29) is 6.10 Å². The first-order valence-electron chi connectivity index (χ1n) is 6.85. The Morgan fingerprint density at radius 2 is 1.42 bits per heavy atom. The van der Waals surface area contributed by atoms with Crippen LogP contribution in [0.1, 0.15) is 13.3 Å². The molecule has 0 bridgehead atoms. The van der Waals surface area contributed by atoms with Crippen molar-refractivity contribution in [3.8, 4) is 0 Å². The molecular formula is C17H19NO. The topological polar surface area (TPSA) is 23.5 Å². The standard InChI is InChI=1S/C17H19NO/c1-13(19)16-12-17(16)18(14-8-4-2-5-9-14)15-10-6-3-7-11-15/h2-11,13,16-17,19H,12H2,1H3/t13-,16?,17?/m0/s1. The molecule has 1 aliphatic carbocycles. The van der Waals surface area contributed by atoms with E-state index in [1.54, 1.807) is 0 Å². The SMILES string of the molecule is C[C@H](O)C1CC1N(c1ccccc1)c1ccccc1. The number of anilines is 2. The van der Waals surface area contributed by atoms with Crippen molar-refractivity contribution in [3.05, 3.63) is 60.7 Å². The zero-order valence-electron chi connectivity index (χ0n) is 11.1. The van der Waals surface area contributed by atoms with Crippen LogP contribution in [0.25, 0.3) is 0 Å². The minimum absolute atomic E-state index is 0.236. The van der Waals surface area contributed by atoms with Gasteiger partial charge in [-0.05, 0) is 37.6 Å². The lowest BCUT2D eigenvalue weighted by molar-refractivity contribution is 0.169. The van der Waals surface area contributed by atoms with Gasteiger partial charge in [0, 0.05) is 23.3 Å². The van der Waals surface area contributed by atoms with E-state index in [1.165, 1.54) is 11.4 Å². The van der Waals surface area contributed by atoms with Crippen LogP contribution >= 0.6 is 0 Å². The molecule has 1 saturated carbocycles. The normalized spacial score (nSPS) is 22.8. The van der Waals surface area contributed by atoms with Gasteiger partial charge >= 0.3 is 0 Å². The minimum Gasteiger partial charge on any atom is -0.393 e. The van der Waals surface area contributed by atoms with Crippen LogP contribution < -0.4 is 4.90 Å². The maximum Gasteiger partial charge on any atom is 0.0560 e. The fraction of sp³-hybridized carbons (Fsp3) is 0.294. The second kappa shape index (κ2) is 5.06. The molecule has 19 heavy (non-hydrogen) atoms. The average molecular weight is 253 g/mol. The summed E-state index contributed by atoms with van der Waals surface area (Å²) in [4.78, 5) is 2.34. The first-order valence-corrected chi connectivity index (χ1v) is 6.85. The van der Waals surface area contributed by atoms with Crippen molar-refractivity contribution >= 4 is 11.4 Å². The van der Waals surface area contributed by atoms with E-state index in [2.05, 4.69) is 53.4 Å². The van der Waals surface area contributed by atoms with Crippen LogP contribution in [0.15, 0.2) is 60.7 Å². The summed E-state index contributed by atoms with van der Waals surface area (Å²) in [7, 11) is 0. The number of para-hydroxylation sites is 2. The number of hydrogen-bond acceptors (Lipinski definition) is 2. The van der Waals surface area contributed by atoms with E-state index >= 15 is 0 Å². The number of rotatable bonds is 4. The molecule has 1 aliphatic rings. The van der Waals surface area contributed by atoms with Gasteiger partial charge in [0.05, 0.1) is 6.10 Å². The Labute approximate surface area is 114 Å². The number of hydrogen-bond donors (Lipinski definition) is 1. The third-order valence-corrected chi connectivity index (χ3v) is 3.82. The predicted octanol–water partition coefficient (Wildman–Crippen LogP) is 3.59. The fourth-order valence-corrected chi connectivity index (χ4v) is 2.72. The first-order chi connectivity index (χ1) is 9.27. The number of benzene rings is 2. The van der Waals surface area contributed by atoms with Gasteiger partial charge in [0.25, 0.3) is 0 Å². The van der Waals surface area contributed by atoms with E-state index in [0.717, 1.165) is 6.42 Å². The van der Waals surface area contributed by atoms with Crippen LogP contribution in [-0.2, 0) is 0 Å². The van der Waals surface area contributed by atoms with Crippen molar-refractivity contribution in [1.29, 1.82) is 0 Å². The molecule has 3 rings (SSSR count). The summed E-state index contributed by atoms with van der Waals surface area (Å²) in [6.45, 7) is 1.89.